The van der Waals surface area contributed by atoms with Gasteiger partial charge in [-0.1, -0.05) is 23.8 Å². The largest absolute Gasteiger partial charge is 0.312 e. The Morgan fingerprint density at radius 1 is 1.30 bits per heavy atom. The molecule has 0 radical (unpaired) electrons. The van der Waals surface area contributed by atoms with E-state index >= 15 is 0 Å². The van der Waals surface area contributed by atoms with Gasteiger partial charge in [-0.3, -0.25) is 4.90 Å². The summed E-state index contributed by atoms with van der Waals surface area (Å²) in [4.78, 5) is 5.03. The smallest absolute Gasteiger partial charge is 0.0449 e. The number of nitrogens with zero attached hydrogens (tertiary/aromatic N) is 2. The van der Waals surface area contributed by atoms with E-state index in [0.29, 0.717) is 12.1 Å². The van der Waals surface area contributed by atoms with Crippen LogP contribution in [0.2, 0.25) is 0 Å². The predicted molar refractivity (Wildman–Crippen MR) is 86.2 cm³/mol. The Bertz CT molecular complexity index is 444. The molecule has 3 nitrogen and oxygen atoms in total. The summed E-state index contributed by atoms with van der Waals surface area (Å²) < 4.78 is 0. The lowest BCUT2D eigenvalue weighted by atomic mass is 9.98. The van der Waals surface area contributed by atoms with Crippen molar-refractivity contribution in [1.29, 1.82) is 0 Å². The monoisotopic (exact) mass is 275 g/mol. The molecule has 20 heavy (non-hydrogen) atoms. The Labute approximate surface area is 124 Å². The van der Waals surface area contributed by atoms with Gasteiger partial charge in [-0.05, 0) is 46.0 Å². The van der Waals surface area contributed by atoms with E-state index in [-0.39, 0.29) is 0 Å². The van der Waals surface area contributed by atoms with Crippen LogP contribution in [0.1, 0.15) is 29.7 Å². The Morgan fingerprint density at radius 3 is 2.65 bits per heavy atom. The highest BCUT2D eigenvalue weighted by Gasteiger charge is 2.23. The molecule has 1 heterocycles. The first-order valence-corrected chi connectivity index (χ1v) is 7.68. The minimum absolute atomic E-state index is 0.422. The molecule has 112 valence electrons. The number of rotatable bonds is 4. The maximum Gasteiger partial charge on any atom is 0.0449 e. The molecule has 2 rings (SSSR count). The van der Waals surface area contributed by atoms with E-state index < -0.39 is 0 Å². The van der Waals surface area contributed by atoms with Crippen LogP contribution in [0.4, 0.5) is 0 Å². The topological polar surface area (TPSA) is 18.5 Å². The summed E-state index contributed by atoms with van der Waals surface area (Å²) in [6.07, 6.45) is 0. The first kappa shape index (κ1) is 15.5. The Balaban J connectivity index is 2.05. The summed E-state index contributed by atoms with van der Waals surface area (Å²) in [5.74, 6) is 0. The van der Waals surface area contributed by atoms with Crippen molar-refractivity contribution >= 4 is 0 Å². The van der Waals surface area contributed by atoms with Crippen LogP contribution in [-0.2, 0) is 0 Å². The maximum absolute atomic E-state index is 3.50. The maximum atomic E-state index is 3.50. The molecule has 1 saturated heterocycles. The second kappa shape index (κ2) is 6.70. The van der Waals surface area contributed by atoms with E-state index in [0.717, 1.165) is 6.54 Å². The van der Waals surface area contributed by atoms with Gasteiger partial charge in [-0.25, -0.2) is 0 Å². The SMILES string of the molecule is CNC(CN1CCN(C)C(C)C1)c1ccc(C)cc1C. The van der Waals surface area contributed by atoms with Crippen molar-refractivity contribution in [3.63, 3.8) is 0 Å². The first-order chi connectivity index (χ1) is 9.51. The quantitative estimate of drug-likeness (QED) is 0.909. The van der Waals surface area contributed by atoms with Crippen molar-refractivity contribution < 1.29 is 0 Å². The van der Waals surface area contributed by atoms with Crippen LogP contribution in [0.25, 0.3) is 0 Å². The molecule has 1 fully saturated rings. The van der Waals surface area contributed by atoms with E-state index in [2.05, 4.69) is 68.2 Å². The molecule has 0 amide bonds. The number of hydrogen-bond donors (Lipinski definition) is 1. The van der Waals surface area contributed by atoms with E-state index in [1.807, 2.05) is 0 Å². The zero-order valence-corrected chi connectivity index (χ0v) is 13.6. The van der Waals surface area contributed by atoms with E-state index in [9.17, 15) is 0 Å². The first-order valence-electron chi connectivity index (χ1n) is 7.68. The van der Waals surface area contributed by atoms with Crippen molar-refractivity contribution in [2.45, 2.75) is 32.9 Å². The minimum Gasteiger partial charge on any atom is -0.312 e. The second-order valence-electron chi connectivity index (χ2n) is 6.29. The molecule has 0 aromatic heterocycles. The fraction of sp³-hybridized carbons (Fsp3) is 0.647. The zero-order valence-electron chi connectivity index (χ0n) is 13.6. The zero-order chi connectivity index (χ0) is 14.7. The molecule has 0 spiro atoms. The van der Waals surface area contributed by atoms with Gasteiger partial charge in [0.1, 0.15) is 0 Å². The fourth-order valence-electron chi connectivity index (χ4n) is 3.11. The van der Waals surface area contributed by atoms with Crippen LogP contribution in [0.15, 0.2) is 18.2 Å². The summed E-state index contributed by atoms with van der Waals surface area (Å²) in [6.45, 7) is 11.3. The molecule has 1 aromatic rings. The summed E-state index contributed by atoms with van der Waals surface area (Å²) in [7, 11) is 4.30. The second-order valence-corrected chi connectivity index (χ2v) is 6.29. The van der Waals surface area contributed by atoms with Crippen LogP contribution in [-0.4, -0.2) is 56.1 Å². The van der Waals surface area contributed by atoms with Gasteiger partial charge in [0.25, 0.3) is 0 Å². The van der Waals surface area contributed by atoms with Gasteiger partial charge in [0.15, 0.2) is 0 Å². The lowest BCUT2D eigenvalue weighted by molar-refractivity contribution is 0.0976. The van der Waals surface area contributed by atoms with Gasteiger partial charge in [-0.2, -0.15) is 0 Å². The third kappa shape index (κ3) is 3.60. The van der Waals surface area contributed by atoms with Gasteiger partial charge in [0.05, 0.1) is 0 Å². The number of aryl methyl sites for hydroxylation is 2. The lowest BCUT2D eigenvalue weighted by Crippen LogP contribution is -2.51. The average molecular weight is 275 g/mol. The number of piperazine rings is 1. The fourth-order valence-corrected chi connectivity index (χ4v) is 3.11. The summed E-state index contributed by atoms with van der Waals surface area (Å²) in [5, 5.41) is 3.50. The van der Waals surface area contributed by atoms with Crippen molar-refractivity contribution in [3.05, 3.63) is 34.9 Å². The molecular weight excluding hydrogens is 246 g/mol. The molecule has 1 aromatic carbocycles. The minimum atomic E-state index is 0.422. The van der Waals surface area contributed by atoms with E-state index in [4.69, 9.17) is 0 Å². The molecule has 0 aliphatic carbocycles. The molecule has 2 atom stereocenters. The number of hydrogen-bond acceptors (Lipinski definition) is 3. The van der Waals surface area contributed by atoms with Gasteiger partial charge >= 0.3 is 0 Å². The third-order valence-corrected chi connectivity index (χ3v) is 4.63. The van der Waals surface area contributed by atoms with Crippen molar-refractivity contribution in [2.75, 3.05) is 40.3 Å². The van der Waals surface area contributed by atoms with Crippen molar-refractivity contribution in [1.82, 2.24) is 15.1 Å². The highest BCUT2D eigenvalue weighted by Crippen LogP contribution is 2.21. The van der Waals surface area contributed by atoms with Crippen molar-refractivity contribution in [2.24, 2.45) is 0 Å². The lowest BCUT2D eigenvalue weighted by Gasteiger charge is -2.39. The van der Waals surface area contributed by atoms with Gasteiger partial charge in [-0.15, -0.1) is 0 Å². The van der Waals surface area contributed by atoms with Crippen LogP contribution >= 0.6 is 0 Å². The van der Waals surface area contributed by atoms with Crippen LogP contribution in [0, 0.1) is 13.8 Å². The van der Waals surface area contributed by atoms with Crippen molar-refractivity contribution in [3.8, 4) is 0 Å². The van der Waals surface area contributed by atoms with Gasteiger partial charge in [0.2, 0.25) is 0 Å². The predicted octanol–water partition coefficient (Wildman–Crippen LogP) is 2.20. The number of likely N-dealkylation sites (N-methyl/N-ethyl adjacent to an activating group) is 2. The standard InChI is InChI=1S/C17H29N3/c1-13-6-7-16(14(2)10-13)17(18-4)12-20-9-8-19(5)15(3)11-20/h6-7,10,15,17-18H,8-9,11-12H2,1-5H3. The molecular formula is C17H29N3. The van der Waals surface area contributed by atoms with Gasteiger partial charge < -0.3 is 10.2 Å². The number of benzene rings is 1. The summed E-state index contributed by atoms with van der Waals surface area (Å²) in [5.41, 5.74) is 4.17. The van der Waals surface area contributed by atoms with E-state index in [1.165, 1.54) is 36.3 Å². The third-order valence-electron chi connectivity index (χ3n) is 4.63. The van der Waals surface area contributed by atoms with Gasteiger partial charge in [0, 0.05) is 38.3 Å². The Morgan fingerprint density at radius 2 is 2.05 bits per heavy atom. The van der Waals surface area contributed by atoms with Crippen LogP contribution in [0.3, 0.4) is 0 Å². The summed E-state index contributed by atoms with van der Waals surface area (Å²) >= 11 is 0. The van der Waals surface area contributed by atoms with E-state index in [1.54, 1.807) is 0 Å². The highest BCUT2D eigenvalue weighted by atomic mass is 15.3. The normalized spacial score (nSPS) is 22.9. The molecule has 1 N–H and O–H groups in total. The van der Waals surface area contributed by atoms with Crippen LogP contribution < -0.4 is 5.32 Å². The molecule has 0 saturated carbocycles. The molecule has 3 heteroatoms. The average Bonchev–Trinajstić information content (AvgIpc) is 2.41. The molecule has 2 unspecified atom stereocenters. The molecule has 1 aliphatic heterocycles. The van der Waals surface area contributed by atoms with Crippen LogP contribution in [0.5, 0.6) is 0 Å². The Hall–Kier alpha value is -0.900. The molecule has 0 bridgehead atoms. The highest BCUT2D eigenvalue weighted by molar-refractivity contribution is 5.33. The summed E-state index contributed by atoms with van der Waals surface area (Å²) in [6, 6.07) is 7.86. The Kier molecular flexibility index (Phi) is 5.19. The molecule has 1 aliphatic rings. The number of nitrogens with one attached hydrogen (secondary N) is 1.